The second kappa shape index (κ2) is 9.93. The number of aromatic nitrogens is 5. The highest BCUT2D eigenvalue weighted by Crippen LogP contribution is 2.33. The smallest absolute Gasteiger partial charge is 0.264 e. The van der Waals surface area contributed by atoms with Crippen molar-refractivity contribution in [2.24, 2.45) is 0 Å². The number of hydrogen-bond acceptors (Lipinski definition) is 4. The number of nitrogens with one attached hydrogen (secondary N) is 1. The zero-order valence-corrected chi connectivity index (χ0v) is 20.7. The Morgan fingerprint density at radius 3 is 2.41 bits per heavy atom. The molecule has 37 heavy (non-hydrogen) atoms. The van der Waals surface area contributed by atoms with Gasteiger partial charge in [0.15, 0.2) is 11.5 Å². The third-order valence-corrected chi connectivity index (χ3v) is 6.34. The first-order valence-corrected chi connectivity index (χ1v) is 11.9. The van der Waals surface area contributed by atoms with Crippen molar-refractivity contribution in [1.82, 2.24) is 24.5 Å². The molecule has 1 amide bonds. The molecule has 0 unspecified atom stereocenters. The fourth-order valence-electron chi connectivity index (χ4n) is 4.42. The Balaban J connectivity index is 1.41. The summed E-state index contributed by atoms with van der Waals surface area (Å²) in [7, 11) is 0. The summed E-state index contributed by atoms with van der Waals surface area (Å²) in [6, 6.07) is 20.3. The monoisotopic (exact) mass is 500 g/mol. The van der Waals surface area contributed by atoms with Gasteiger partial charge in [0, 0.05) is 22.9 Å². The molecule has 5 aromatic rings. The summed E-state index contributed by atoms with van der Waals surface area (Å²) in [4.78, 5) is 17.6. The van der Waals surface area contributed by atoms with Crippen LogP contribution in [-0.4, -0.2) is 30.5 Å². The Morgan fingerprint density at radius 2 is 1.68 bits per heavy atom. The molecule has 0 saturated carbocycles. The lowest BCUT2D eigenvalue weighted by Crippen LogP contribution is -2.20. The largest absolute Gasteiger partial charge is 0.308 e. The van der Waals surface area contributed by atoms with Crippen molar-refractivity contribution in [3.8, 4) is 11.3 Å². The van der Waals surface area contributed by atoms with Gasteiger partial charge in [0.1, 0.15) is 6.54 Å². The molecule has 7 nitrogen and oxygen atoms in total. The third-order valence-electron chi connectivity index (χ3n) is 6.34. The molecule has 0 atom stereocenters. The Bertz CT molecular complexity index is 1590. The van der Waals surface area contributed by atoms with E-state index in [0.717, 1.165) is 16.8 Å². The van der Waals surface area contributed by atoms with Gasteiger partial charge in [0.2, 0.25) is 5.91 Å². The maximum absolute atomic E-state index is 14.0. The highest BCUT2D eigenvalue weighted by atomic mass is 19.3. The highest BCUT2D eigenvalue weighted by molar-refractivity contribution is 5.91. The number of rotatable bonds is 7. The van der Waals surface area contributed by atoms with Crippen LogP contribution in [0.25, 0.3) is 22.3 Å². The van der Waals surface area contributed by atoms with E-state index in [1.54, 1.807) is 25.1 Å². The normalized spacial score (nSPS) is 11.4. The fraction of sp³-hybridized carbons (Fsp3) is 0.214. The minimum absolute atomic E-state index is 0.154. The lowest BCUT2D eigenvalue weighted by molar-refractivity contribution is -0.116. The molecule has 2 aromatic carbocycles. The van der Waals surface area contributed by atoms with Gasteiger partial charge in [-0.2, -0.15) is 10.2 Å². The molecule has 3 heterocycles. The van der Waals surface area contributed by atoms with Crippen LogP contribution in [0.5, 0.6) is 0 Å². The summed E-state index contributed by atoms with van der Waals surface area (Å²) in [6.07, 6.45) is -2.71. The van der Waals surface area contributed by atoms with Crippen LogP contribution in [-0.2, 0) is 17.9 Å². The molecule has 3 aromatic heterocycles. The Morgan fingerprint density at radius 1 is 0.946 bits per heavy atom. The molecule has 0 saturated heterocycles. The number of halogens is 2. The Labute approximate surface area is 212 Å². The first-order valence-electron chi connectivity index (χ1n) is 11.9. The van der Waals surface area contributed by atoms with E-state index in [-0.39, 0.29) is 29.0 Å². The predicted octanol–water partition coefficient (Wildman–Crippen LogP) is 5.84. The number of aryl methyl sites for hydroxylation is 3. The molecule has 9 heteroatoms. The van der Waals surface area contributed by atoms with E-state index in [2.05, 4.69) is 20.5 Å². The van der Waals surface area contributed by atoms with E-state index in [9.17, 15) is 13.6 Å². The number of hydrogen-bond donors (Lipinski definition) is 1. The van der Waals surface area contributed by atoms with Gasteiger partial charge in [-0.05, 0) is 38.0 Å². The third kappa shape index (κ3) is 4.97. The lowest BCUT2D eigenvalue weighted by Gasteiger charge is -2.09. The maximum Gasteiger partial charge on any atom is 0.264 e. The van der Waals surface area contributed by atoms with E-state index in [1.165, 1.54) is 10.7 Å². The quantitative estimate of drug-likeness (QED) is 0.304. The van der Waals surface area contributed by atoms with Crippen molar-refractivity contribution in [3.63, 3.8) is 0 Å². The number of benzene rings is 2. The van der Waals surface area contributed by atoms with Gasteiger partial charge in [-0.1, -0.05) is 54.6 Å². The topological polar surface area (TPSA) is 77.6 Å². The van der Waals surface area contributed by atoms with Gasteiger partial charge in [-0.25, -0.2) is 18.4 Å². The summed E-state index contributed by atoms with van der Waals surface area (Å²) in [5.74, 6) is 0.0333. The average Bonchev–Trinajstić information content (AvgIpc) is 3.38. The number of carbonyl (C=O) groups is 1. The SMILES string of the molecule is Cc1ccccc1Cn1nc(NC(=O)Cn2nc(C)c3c(C(F)F)cc(-c4ccccc4)nc32)cc1C. The molecule has 1 N–H and O–H groups in total. The molecule has 0 bridgehead atoms. The summed E-state index contributed by atoms with van der Waals surface area (Å²) in [5, 5.41) is 12.0. The van der Waals surface area contributed by atoms with Crippen molar-refractivity contribution in [2.45, 2.75) is 40.3 Å². The molecule has 188 valence electrons. The van der Waals surface area contributed by atoms with Crippen LogP contribution in [0.3, 0.4) is 0 Å². The van der Waals surface area contributed by atoms with Gasteiger partial charge in [0.05, 0.1) is 23.3 Å². The minimum Gasteiger partial charge on any atom is -0.308 e. The van der Waals surface area contributed by atoms with Crippen molar-refractivity contribution >= 4 is 22.8 Å². The molecule has 0 aliphatic heterocycles. The summed E-state index contributed by atoms with van der Waals surface area (Å²) in [6.45, 7) is 6.00. The zero-order chi connectivity index (χ0) is 26.1. The predicted molar refractivity (Wildman–Crippen MR) is 139 cm³/mol. The summed E-state index contributed by atoms with van der Waals surface area (Å²) >= 11 is 0. The van der Waals surface area contributed by atoms with Crippen LogP contribution in [0.15, 0.2) is 66.7 Å². The van der Waals surface area contributed by atoms with Gasteiger partial charge in [-0.3, -0.25) is 9.48 Å². The Kier molecular flexibility index (Phi) is 6.52. The van der Waals surface area contributed by atoms with E-state index in [1.807, 2.05) is 61.0 Å². The maximum atomic E-state index is 14.0. The summed E-state index contributed by atoms with van der Waals surface area (Å²) in [5.41, 5.74) is 4.78. The van der Waals surface area contributed by atoms with E-state index >= 15 is 0 Å². The van der Waals surface area contributed by atoms with Crippen LogP contribution in [0.4, 0.5) is 14.6 Å². The van der Waals surface area contributed by atoms with Crippen LogP contribution < -0.4 is 5.32 Å². The van der Waals surface area contributed by atoms with Gasteiger partial charge >= 0.3 is 0 Å². The van der Waals surface area contributed by atoms with Gasteiger partial charge in [-0.15, -0.1) is 0 Å². The highest BCUT2D eigenvalue weighted by Gasteiger charge is 2.22. The second-order valence-corrected chi connectivity index (χ2v) is 9.01. The first kappa shape index (κ1) is 24.3. The number of pyridine rings is 1. The van der Waals surface area contributed by atoms with Crippen LogP contribution in [0.1, 0.15) is 34.5 Å². The van der Waals surface area contributed by atoms with Crippen molar-refractivity contribution in [1.29, 1.82) is 0 Å². The standard InChI is InChI=1S/C28H26F2N6O/c1-17-9-7-8-12-21(17)15-35-18(2)13-24(34-35)32-25(37)16-36-28-26(19(3)33-36)22(27(29)30)14-23(31-28)20-10-5-4-6-11-20/h4-14,27H,15-16H2,1-3H3,(H,32,34,37). The number of anilines is 1. The van der Waals surface area contributed by atoms with Crippen LogP contribution >= 0.6 is 0 Å². The minimum atomic E-state index is -2.71. The summed E-state index contributed by atoms with van der Waals surface area (Å²) < 4.78 is 31.2. The molecule has 0 aliphatic rings. The fourth-order valence-corrected chi connectivity index (χ4v) is 4.42. The van der Waals surface area contributed by atoms with Crippen LogP contribution in [0, 0.1) is 20.8 Å². The number of nitrogens with zero attached hydrogens (tertiary/aromatic N) is 5. The first-order chi connectivity index (χ1) is 17.8. The number of alkyl halides is 2. The number of carbonyl (C=O) groups excluding carboxylic acids is 1. The average molecular weight is 501 g/mol. The van der Waals surface area contributed by atoms with E-state index < -0.39 is 6.43 Å². The van der Waals surface area contributed by atoms with E-state index in [4.69, 9.17) is 0 Å². The molecule has 0 radical (unpaired) electrons. The number of amides is 1. The molecule has 0 spiro atoms. The Hall–Kier alpha value is -4.40. The van der Waals surface area contributed by atoms with Gasteiger partial charge in [0.25, 0.3) is 6.43 Å². The van der Waals surface area contributed by atoms with Crippen LogP contribution in [0.2, 0.25) is 0 Å². The van der Waals surface area contributed by atoms with Gasteiger partial charge < -0.3 is 5.32 Å². The second-order valence-electron chi connectivity index (χ2n) is 9.01. The van der Waals surface area contributed by atoms with Crippen molar-refractivity contribution in [3.05, 3.63) is 94.8 Å². The van der Waals surface area contributed by atoms with E-state index in [0.29, 0.717) is 29.3 Å². The molecule has 0 fully saturated rings. The zero-order valence-electron chi connectivity index (χ0n) is 20.7. The number of fused-ring (bicyclic) bond motifs is 1. The molecule has 5 rings (SSSR count). The molecular formula is C28H26F2N6O. The van der Waals surface area contributed by atoms with Crippen molar-refractivity contribution in [2.75, 3.05) is 5.32 Å². The van der Waals surface area contributed by atoms with Crippen molar-refractivity contribution < 1.29 is 13.6 Å². The molecular weight excluding hydrogens is 474 g/mol. The molecule has 0 aliphatic carbocycles. The lowest BCUT2D eigenvalue weighted by atomic mass is 10.1.